The minimum atomic E-state index is -0.685. The van der Waals surface area contributed by atoms with E-state index in [0.29, 0.717) is 42.7 Å². The van der Waals surface area contributed by atoms with Gasteiger partial charge in [0.2, 0.25) is 17.7 Å². The van der Waals surface area contributed by atoms with E-state index in [1.54, 1.807) is 22.0 Å². The van der Waals surface area contributed by atoms with Crippen molar-refractivity contribution in [2.45, 2.75) is 96.8 Å². The average molecular weight is 662 g/mol. The lowest BCUT2D eigenvalue weighted by Crippen LogP contribution is -2.49. The van der Waals surface area contributed by atoms with Crippen LogP contribution in [0.4, 0.5) is 0 Å². The number of nitrogens with one attached hydrogen (secondary N) is 2. The van der Waals surface area contributed by atoms with Gasteiger partial charge in [0, 0.05) is 54.7 Å². The number of aryl methyl sites for hydroxylation is 2. The van der Waals surface area contributed by atoms with Crippen LogP contribution in [-0.4, -0.2) is 66.8 Å². The molecule has 4 heterocycles. The van der Waals surface area contributed by atoms with E-state index in [-0.39, 0.29) is 47.5 Å². The second-order valence-corrected chi connectivity index (χ2v) is 14.0. The van der Waals surface area contributed by atoms with Crippen LogP contribution in [0.2, 0.25) is 0 Å². The summed E-state index contributed by atoms with van der Waals surface area (Å²) < 4.78 is 1.67. The Bertz CT molecular complexity index is 1920. The number of amides is 3. The van der Waals surface area contributed by atoms with Crippen LogP contribution in [-0.2, 0) is 27.3 Å². The Kier molecular flexibility index (Phi) is 8.77. The molecule has 254 valence electrons. The maximum absolute atomic E-state index is 14.4. The molecule has 2 aliphatic heterocycles. The topological polar surface area (TPSA) is 139 Å². The third-order valence-corrected chi connectivity index (χ3v) is 10.6. The van der Waals surface area contributed by atoms with Crippen LogP contribution < -0.4 is 10.6 Å². The molecule has 4 atom stereocenters. The first-order valence-corrected chi connectivity index (χ1v) is 17.4. The van der Waals surface area contributed by atoms with Crippen LogP contribution in [0.5, 0.6) is 0 Å². The molecule has 11 nitrogen and oxygen atoms in total. The highest BCUT2D eigenvalue weighted by Gasteiger charge is 2.67. The number of hydrogen-bond acceptors (Lipinski definition) is 7. The van der Waals surface area contributed by atoms with E-state index in [1.165, 1.54) is 6.92 Å². The fourth-order valence-electron chi connectivity index (χ4n) is 7.81. The van der Waals surface area contributed by atoms with Gasteiger partial charge in [0.25, 0.3) is 0 Å². The Labute approximate surface area is 285 Å². The van der Waals surface area contributed by atoms with E-state index in [4.69, 9.17) is 5.10 Å². The molecule has 2 aromatic heterocycles. The highest BCUT2D eigenvalue weighted by atomic mass is 16.2. The van der Waals surface area contributed by atoms with Gasteiger partial charge >= 0.3 is 0 Å². The zero-order chi connectivity index (χ0) is 34.3. The van der Waals surface area contributed by atoms with Crippen molar-refractivity contribution in [2.24, 2.45) is 5.41 Å². The van der Waals surface area contributed by atoms with Crippen LogP contribution in [0.15, 0.2) is 54.9 Å². The molecule has 49 heavy (non-hydrogen) atoms. The van der Waals surface area contributed by atoms with Gasteiger partial charge in [0.1, 0.15) is 24.1 Å². The van der Waals surface area contributed by atoms with Crippen molar-refractivity contribution in [2.75, 3.05) is 6.54 Å². The first kappa shape index (κ1) is 32.6. The Balaban J connectivity index is 1.27. The molecule has 2 bridgehead atoms. The molecule has 0 radical (unpaired) electrons. The van der Waals surface area contributed by atoms with Crippen molar-refractivity contribution in [3.05, 3.63) is 77.5 Å². The molecule has 1 saturated heterocycles. The molecular formula is C38H43N7O4. The third-order valence-electron chi connectivity index (χ3n) is 10.6. The quantitative estimate of drug-likeness (QED) is 0.291. The van der Waals surface area contributed by atoms with E-state index in [9.17, 15) is 19.2 Å². The highest BCUT2D eigenvalue weighted by molar-refractivity contribution is 6.07. The SMILES string of the molecule is CC(=O)c1nn2c3c(cc(-c4cnc(C)nc4)cc13)CCCCCCC(=O)NC[C@@]13C[C@@H](C(=O)N[C@H](C)c4ccccc4)N(C(=O)C2)[C@@H]1C3. The standard InChI is InChI=1S/C38H43N7O4/c1-23(26-11-8-6-9-12-26)42-37(49)31-17-38-18-32(38)45(31)34(48)21-44-36-27(13-7-4-5-10-14-33(47)41-22-38)15-28(29-19-39-25(3)40-20-29)16-30(36)35(43-44)24(2)46/h6,8-9,11-12,15-16,19-20,23,31-32H,4-5,7,10,13-14,17-18,21-22H2,1-3H3,(H,41,47)(H,42,49)/t23-,31+,32-,38+/m1/s1. The molecule has 7 rings (SSSR count). The first-order chi connectivity index (χ1) is 23.6. The molecule has 2 fully saturated rings. The number of carbonyl (C=O) groups is 4. The Hall–Kier alpha value is -4.93. The van der Waals surface area contributed by atoms with Gasteiger partial charge in [0.05, 0.1) is 11.6 Å². The lowest BCUT2D eigenvalue weighted by Gasteiger charge is -2.28. The summed E-state index contributed by atoms with van der Waals surface area (Å²) in [4.78, 5) is 64.7. The number of ketones is 1. The Morgan fingerprint density at radius 1 is 0.980 bits per heavy atom. The van der Waals surface area contributed by atoms with Crippen molar-refractivity contribution >= 4 is 34.4 Å². The van der Waals surface area contributed by atoms with Crippen LogP contribution >= 0.6 is 0 Å². The van der Waals surface area contributed by atoms with Crippen molar-refractivity contribution in [1.29, 1.82) is 0 Å². The molecule has 0 spiro atoms. The van der Waals surface area contributed by atoms with E-state index >= 15 is 0 Å². The van der Waals surface area contributed by atoms with Gasteiger partial charge in [-0.25, -0.2) is 9.97 Å². The van der Waals surface area contributed by atoms with Gasteiger partial charge in [-0.1, -0.05) is 43.2 Å². The van der Waals surface area contributed by atoms with E-state index in [0.717, 1.165) is 59.9 Å². The molecule has 1 aliphatic carbocycles. The zero-order valence-corrected chi connectivity index (χ0v) is 28.4. The summed E-state index contributed by atoms with van der Waals surface area (Å²) in [6, 6.07) is 12.7. The average Bonchev–Trinajstić information content (AvgIpc) is 3.50. The number of aromatic nitrogens is 4. The number of carbonyl (C=O) groups excluding carboxylic acids is 4. The summed E-state index contributed by atoms with van der Waals surface area (Å²) in [5, 5.41) is 11.7. The second kappa shape index (κ2) is 13.2. The van der Waals surface area contributed by atoms with Gasteiger partial charge in [-0.2, -0.15) is 5.10 Å². The Morgan fingerprint density at radius 2 is 1.71 bits per heavy atom. The highest BCUT2D eigenvalue weighted by Crippen LogP contribution is 2.59. The minimum absolute atomic E-state index is 0.0134. The van der Waals surface area contributed by atoms with Crippen molar-refractivity contribution in [3.8, 4) is 11.1 Å². The van der Waals surface area contributed by atoms with Crippen LogP contribution in [0.25, 0.3) is 22.0 Å². The van der Waals surface area contributed by atoms with Gasteiger partial charge in [-0.05, 0) is 74.8 Å². The molecule has 2 aromatic carbocycles. The van der Waals surface area contributed by atoms with Gasteiger partial charge in [0.15, 0.2) is 5.78 Å². The third kappa shape index (κ3) is 6.46. The van der Waals surface area contributed by atoms with E-state index in [1.807, 2.05) is 50.2 Å². The van der Waals surface area contributed by atoms with Crippen molar-refractivity contribution < 1.29 is 19.2 Å². The summed E-state index contributed by atoms with van der Waals surface area (Å²) in [5.41, 5.74) is 4.40. The van der Waals surface area contributed by atoms with E-state index < -0.39 is 6.04 Å². The predicted molar refractivity (Wildman–Crippen MR) is 184 cm³/mol. The molecule has 2 N–H and O–H groups in total. The smallest absolute Gasteiger partial charge is 0.245 e. The normalized spacial score (nSPS) is 23.4. The molecule has 3 aliphatic rings. The first-order valence-electron chi connectivity index (χ1n) is 17.4. The summed E-state index contributed by atoms with van der Waals surface area (Å²) in [5.74, 6) is 0.0549. The number of nitrogens with zero attached hydrogens (tertiary/aromatic N) is 5. The lowest BCUT2D eigenvalue weighted by atomic mass is 9.96. The van der Waals surface area contributed by atoms with E-state index in [2.05, 4.69) is 26.7 Å². The Morgan fingerprint density at radius 3 is 2.45 bits per heavy atom. The van der Waals surface area contributed by atoms with Gasteiger partial charge in [-0.3, -0.25) is 23.9 Å². The zero-order valence-electron chi connectivity index (χ0n) is 28.4. The van der Waals surface area contributed by atoms with Crippen molar-refractivity contribution in [1.82, 2.24) is 35.3 Å². The summed E-state index contributed by atoms with van der Waals surface area (Å²) in [6.45, 7) is 5.60. The summed E-state index contributed by atoms with van der Waals surface area (Å²) >= 11 is 0. The van der Waals surface area contributed by atoms with Crippen LogP contribution in [0, 0.1) is 12.3 Å². The molecule has 3 amide bonds. The maximum Gasteiger partial charge on any atom is 0.245 e. The second-order valence-electron chi connectivity index (χ2n) is 14.0. The largest absolute Gasteiger partial charge is 0.355 e. The van der Waals surface area contributed by atoms with Crippen LogP contribution in [0.1, 0.15) is 92.3 Å². The molecule has 0 unspecified atom stereocenters. The lowest BCUT2D eigenvalue weighted by molar-refractivity contribution is -0.140. The van der Waals surface area contributed by atoms with Crippen LogP contribution in [0.3, 0.4) is 0 Å². The fraction of sp³-hybridized carbons (Fsp3) is 0.447. The number of hydrogen-bond donors (Lipinski definition) is 2. The number of rotatable bonds is 5. The number of benzene rings is 2. The summed E-state index contributed by atoms with van der Waals surface area (Å²) in [7, 11) is 0. The molecule has 11 heteroatoms. The minimum Gasteiger partial charge on any atom is -0.355 e. The van der Waals surface area contributed by atoms with Crippen molar-refractivity contribution in [3.63, 3.8) is 0 Å². The van der Waals surface area contributed by atoms with Gasteiger partial charge in [-0.15, -0.1) is 0 Å². The molecular weight excluding hydrogens is 618 g/mol. The number of Topliss-reactive ketones (excluding diaryl/α,β-unsaturated/α-hetero) is 1. The predicted octanol–water partition coefficient (Wildman–Crippen LogP) is 4.86. The molecule has 1 saturated carbocycles. The summed E-state index contributed by atoms with van der Waals surface area (Å²) in [6.07, 6.45) is 9.43. The number of piperidine rings is 1. The molecule has 4 aromatic rings. The van der Waals surface area contributed by atoms with Gasteiger partial charge < -0.3 is 15.5 Å². The fourth-order valence-corrected chi connectivity index (χ4v) is 7.81. The monoisotopic (exact) mass is 661 g/mol. The maximum atomic E-state index is 14.4.